The van der Waals surface area contributed by atoms with Crippen LogP contribution in [0.2, 0.25) is 5.02 Å². The molecule has 0 aliphatic heterocycles. The minimum absolute atomic E-state index is 0.0291. The molecule has 1 heterocycles. The summed E-state index contributed by atoms with van der Waals surface area (Å²) in [4.78, 5) is 3.53. The molecule has 1 aliphatic rings. The zero-order valence-electron chi connectivity index (χ0n) is 10.9. The second-order valence-electron chi connectivity index (χ2n) is 5.02. The Morgan fingerprint density at radius 3 is 2.38 bits per heavy atom. The third-order valence-electron chi connectivity index (χ3n) is 3.54. The molecule has 0 bridgehead atoms. The first kappa shape index (κ1) is 16.5. The van der Waals surface area contributed by atoms with E-state index in [1.165, 1.54) is 12.3 Å². The molecule has 4 nitrogen and oxygen atoms in total. The van der Waals surface area contributed by atoms with Crippen LogP contribution in [0.4, 0.5) is 13.2 Å². The van der Waals surface area contributed by atoms with Gasteiger partial charge in [-0.25, -0.2) is 13.1 Å². The van der Waals surface area contributed by atoms with E-state index in [-0.39, 0.29) is 35.6 Å². The van der Waals surface area contributed by atoms with Gasteiger partial charge in [0.05, 0.1) is 10.9 Å². The monoisotopic (exact) mass is 342 g/mol. The molecule has 2 rings (SSSR count). The van der Waals surface area contributed by atoms with Crippen molar-refractivity contribution >= 4 is 21.6 Å². The van der Waals surface area contributed by atoms with Crippen LogP contribution in [-0.2, 0) is 10.0 Å². The Balaban J connectivity index is 2.02. The molecule has 0 saturated heterocycles. The van der Waals surface area contributed by atoms with Crippen LogP contribution in [0.1, 0.15) is 25.7 Å². The van der Waals surface area contributed by atoms with Gasteiger partial charge in [0.25, 0.3) is 0 Å². The number of sulfonamides is 1. The van der Waals surface area contributed by atoms with Gasteiger partial charge in [-0.2, -0.15) is 13.2 Å². The third kappa shape index (κ3) is 4.08. The number of nitrogens with one attached hydrogen (secondary N) is 1. The van der Waals surface area contributed by atoms with Crippen molar-refractivity contribution in [3.63, 3.8) is 0 Å². The van der Waals surface area contributed by atoms with E-state index in [0.29, 0.717) is 0 Å². The molecule has 0 amide bonds. The SMILES string of the molecule is O=S(=O)(NC1CCC(C(F)(F)F)CC1)c1cnccc1Cl. The number of nitrogens with zero attached hydrogens (tertiary/aromatic N) is 1. The average molecular weight is 343 g/mol. The molecule has 9 heteroatoms. The number of hydrogen-bond acceptors (Lipinski definition) is 3. The highest BCUT2D eigenvalue weighted by molar-refractivity contribution is 7.89. The van der Waals surface area contributed by atoms with Crippen molar-refractivity contribution < 1.29 is 21.6 Å². The lowest BCUT2D eigenvalue weighted by Gasteiger charge is -2.30. The summed E-state index contributed by atoms with van der Waals surface area (Å²) in [5.74, 6) is -1.35. The summed E-state index contributed by atoms with van der Waals surface area (Å²) < 4.78 is 64.4. The number of alkyl halides is 3. The molecular weight excluding hydrogens is 329 g/mol. The quantitative estimate of drug-likeness (QED) is 0.918. The second-order valence-corrected chi connectivity index (χ2v) is 7.11. The molecule has 0 aromatic carbocycles. The number of pyridine rings is 1. The first-order valence-electron chi connectivity index (χ1n) is 6.38. The number of halogens is 4. The van der Waals surface area contributed by atoms with Crippen molar-refractivity contribution in [2.45, 2.75) is 42.8 Å². The Morgan fingerprint density at radius 1 is 1.24 bits per heavy atom. The molecule has 0 unspecified atom stereocenters. The lowest BCUT2D eigenvalue weighted by atomic mass is 9.86. The van der Waals surface area contributed by atoms with Crippen LogP contribution >= 0.6 is 11.6 Å². The Labute approximate surface area is 125 Å². The van der Waals surface area contributed by atoms with Crippen molar-refractivity contribution in [2.24, 2.45) is 5.92 Å². The van der Waals surface area contributed by atoms with E-state index in [4.69, 9.17) is 11.6 Å². The molecule has 1 aliphatic carbocycles. The van der Waals surface area contributed by atoms with Crippen molar-refractivity contribution in [3.05, 3.63) is 23.5 Å². The summed E-state index contributed by atoms with van der Waals surface area (Å²) >= 11 is 5.80. The van der Waals surface area contributed by atoms with Gasteiger partial charge in [-0.15, -0.1) is 0 Å². The number of aromatic nitrogens is 1. The van der Waals surface area contributed by atoms with Crippen LogP contribution in [-0.4, -0.2) is 25.6 Å². The van der Waals surface area contributed by atoms with Crippen LogP contribution in [0.3, 0.4) is 0 Å². The predicted octanol–water partition coefficient (Wildman–Crippen LogP) is 3.13. The van der Waals surface area contributed by atoms with Crippen LogP contribution in [0.15, 0.2) is 23.4 Å². The molecule has 1 aromatic rings. The summed E-state index contributed by atoms with van der Waals surface area (Å²) in [6.07, 6.45) is -1.57. The third-order valence-corrected chi connectivity index (χ3v) is 5.53. The van der Waals surface area contributed by atoms with Crippen LogP contribution in [0.25, 0.3) is 0 Å². The molecule has 1 N–H and O–H groups in total. The maximum atomic E-state index is 12.6. The van der Waals surface area contributed by atoms with E-state index in [2.05, 4.69) is 9.71 Å². The van der Waals surface area contributed by atoms with Gasteiger partial charge in [-0.3, -0.25) is 4.98 Å². The molecule has 1 fully saturated rings. The lowest BCUT2D eigenvalue weighted by Crippen LogP contribution is -2.40. The summed E-state index contributed by atoms with van der Waals surface area (Å²) in [7, 11) is -3.87. The summed E-state index contributed by atoms with van der Waals surface area (Å²) in [6.45, 7) is 0. The highest BCUT2D eigenvalue weighted by atomic mass is 35.5. The molecule has 0 radical (unpaired) electrons. The fourth-order valence-electron chi connectivity index (χ4n) is 2.38. The molecule has 0 atom stereocenters. The fraction of sp³-hybridized carbons (Fsp3) is 0.583. The van der Waals surface area contributed by atoms with Crippen LogP contribution in [0.5, 0.6) is 0 Å². The molecule has 21 heavy (non-hydrogen) atoms. The first-order chi connectivity index (χ1) is 9.70. The van der Waals surface area contributed by atoms with Gasteiger partial charge in [0.15, 0.2) is 0 Å². The maximum absolute atomic E-state index is 12.6. The zero-order chi connectivity index (χ0) is 15.7. The Kier molecular flexibility index (Phi) is 4.79. The van der Waals surface area contributed by atoms with Crippen LogP contribution < -0.4 is 4.72 Å². The molecular formula is C12H14ClF3N2O2S. The highest BCUT2D eigenvalue weighted by Crippen LogP contribution is 2.37. The van der Waals surface area contributed by atoms with Crippen molar-refractivity contribution in [3.8, 4) is 0 Å². The number of rotatable bonds is 3. The topological polar surface area (TPSA) is 59.1 Å². The molecule has 1 saturated carbocycles. The van der Waals surface area contributed by atoms with Gasteiger partial charge in [-0.05, 0) is 31.7 Å². The van der Waals surface area contributed by atoms with Gasteiger partial charge in [-0.1, -0.05) is 11.6 Å². The Morgan fingerprint density at radius 2 is 1.86 bits per heavy atom. The smallest absolute Gasteiger partial charge is 0.263 e. The largest absolute Gasteiger partial charge is 0.391 e. The van der Waals surface area contributed by atoms with Crippen molar-refractivity contribution in [2.75, 3.05) is 0 Å². The summed E-state index contributed by atoms with van der Waals surface area (Å²) in [6, 6.07) is 0.835. The normalized spacial score (nSPS) is 24.0. The van der Waals surface area contributed by atoms with Gasteiger partial charge < -0.3 is 0 Å². The zero-order valence-corrected chi connectivity index (χ0v) is 12.5. The molecule has 1 aromatic heterocycles. The van der Waals surface area contributed by atoms with Gasteiger partial charge in [0.2, 0.25) is 10.0 Å². The van der Waals surface area contributed by atoms with E-state index in [0.717, 1.165) is 6.20 Å². The van der Waals surface area contributed by atoms with Gasteiger partial charge in [0.1, 0.15) is 4.90 Å². The Bertz CT molecular complexity index is 599. The summed E-state index contributed by atoms with van der Waals surface area (Å²) in [5, 5.41) is 0.0291. The molecule has 0 spiro atoms. The number of hydrogen-bond donors (Lipinski definition) is 1. The maximum Gasteiger partial charge on any atom is 0.391 e. The second kappa shape index (κ2) is 6.10. The van der Waals surface area contributed by atoms with Gasteiger partial charge in [0, 0.05) is 18.4 Å². The first-order valence-corrected chi connectivity index (χ1v) is 8.25. The van der Waals surface area contributed by atoms with Crippen LogP contribution in [0, 0.1) is 5.92 Å². The van der Waals surface area contributed by atoms with Crippen molar-refractivity contribution in [1.29, 1.82) is 0 Å². The average Bonchev–Trinajstić information content (AvgIpc) is 2.38. The minimum Gasteiger partial charge on any atom is -0.263 e. The lowest BCUT2D eigenvalue weighted by molar-refractivity contribution is -0.182. The molecule has 118 valence electrons. The van der Waals surface area contributed by atoms with E-state index >= 15 is 0 Å². The van der Waals surface area contributed by atoms with E-state index in [1.807, 2.05) is 0 Å². The minimum atomic E-state index is -4.21. The van der Waals surface area contributed by atoms with Crippen molar-refractivity contribution in [1.82, 2.24) is 9.71 Å². The fourth-order valence-corrected chi connectivity index (χ4v) is 4.12. The highest BCUT2D eigenvalue weighted by Gasteiger charge is 2.42. The predicted molar refractivity (Wildman–Crippen MR) is 71.4 cm³/mol. The Hall–Kier alpha value is -0.860. The standard InChI is InChI=1S/C12H14ClF3N2O2S/c13-10-5-6-17-7-11(10)21(19,20)18-9-3-1-8(2-4-9)12(14,15)16/h5-9,18H,1-4H2. The van der Waals surface area contributed by atoms with Gasteiger partial charge >= 0.3 is 6.18 Å². The van der Waals surface area contributed by atoms with E-state index < -0.39 is 28.2 Å². The summed E-state index contributed by atoms with van der Waals surface area (Å²) in [5.41, 5.74) is 0. The van der Waals surface area contributed by atoms with E-state index in [9.17, 15) is 21.6 Å². The van der Waals surface area contributed by atoms with E-state index in [1.54, 1.807) is 0 Å².